The van der Waals surface area contributed by atoms with Gasteiger partial charge in [-0.25, -0.2) is 4.39 Å². The average molecular weight is 360 g/mol. The standard InChI is InChI=1S/C20H25FN2O3/c1-13(24)23-15-10-20(2)17(7-4-8-18(20)23)22(11-15)19(25)12-26-16-6-3-5-14(21)9-16/h3,5-6,9,15,17-18H,4,7-8,10-12H2,1-2H3/t15-,17+,18-,20+/m0/s1. The summed E-state index contributed by atoms with van der Waals surface area (Å²) < 4.78 is 18.8. The molecule has 5 nitrogen and oxygen atoms in total. The van der Waals surface area contributed by atoms with Gasteiger partial charge in [0.25, 0.3) is 5.91 Å². The van der Waals surface area contributed by atoms with E-state index >= 15 is 0 Å². The largest absolute Gasteiger partial charge is 0.484 e. The van der Waals surface area contributed by atoms with E-state index in [1.165, 1.54) is 12.1 Å². The number of benzene rings is 1. The maximum Gasteiger partial charge on any atom is 0.260 e. The highest BCUT2D eigenvalue weighted by molar-refractivity contribution is 5.79. The van der Waals surface area contributed by atoms with Gasteiger partial charge in [-0.15, -0.1) is 0 Å². The Labute approximate surface area is 153 Å². The smallest absolute Gasteiger partial charge is 0.260 e. The van der Waals surface area contributed by atoms with Crippen LogP contribution in [0.15, 0.2) is 24.3 Å². The maximum absolute atomic E-state index is 13.3. The molecule has 6 heteroatoms. The fourth-order valence-electron chi connectivity index (χ4n) is 5.53. The van der Waals surface area contributed by atoms with E-state index in [1.54, 1.807) is 19.1 Å². The first-order chi connectivity index (χ1) is 12.4. The molecule has 1 aliphatic carbocycles. The molecule has 0 unspecified atom stereocenters. The molecule has 26 heavy (non-hydrogen) atoms. The zero-order valence-corrected chi connectivity index (χ0v) is 15.3. The second-order valence-corrected chi connectivity index (χ2v) is 8.04. The van der Waals surface area contributed by atoms with Crippen LogP contribution in [0.5, 0.6) is 5.75 Å². The maximum atomic E-state index is 13.3. The molecule has 4 rings (SSSR count). The number of nitrogens with zero attached hydrogens (tertiary/aromatic N) is 2. The Hall–Kier alpha value is -2.11. The number of fused-ring (bicyclic) bond motifs is 1. The first kappa shape index (κ1) is 17.3. The van der Waals surface area contributed by atoms with E-state index in [-0.39, 0.29) is 47.8 Å². The van der Waals surface area contributed by atoms with Gasteiger partial charge in [-0.2, -0.15) is 0 Å². The fraction of sp³-hybridized carbons (Fsp3) is 0.600. The number of hydrogen-bond acceptors (Lipinski definition) is 3. The van der Waals surface area contributed by atoms with Crippen LogP contribution in [0.25, 0.3) is 0 Å². The predicted octanol–water partition coefficient (Wildman–Crippen LogP) is 2.59. The molecule has 2 heterocycles. The van der Waals surface area contributed by atoms with E-state index in [4.69, 9.17) is 4.74 Å². The molecule has 0 spiro atoms. The second kappa shape index (κ2) is 6.25. The van der Waals surface area contributed by atoms with Crippen molar-refractivity contribution in [1.29, 1.82) is 0 Å². The fourth-order valence-corrected chi connectivity index (χ4v) is 5.53. The summed E-state index contributed by atoms with van der Waals surface area (Å²) in [5.41, 5.74) is -0.0403. The van der Waals surface area contributed by atoms with Crippen molar-refractivity contribution in [3.8, 4) is 5.75 Å². The van der Waals surface area contributed by atoms with Gasteiger partial charge < -0.3 is 14.5 Å². The zero-order chi connectivity index (χ0) is 18.5. The van der Waals surface area contributed by atoms with E-state index in [0.717, 1.165) is 25.7 Å². The Morgan fingerprint density at radius 2 is 2.08 bits per heavy atom. The molecule has 0 radical (unpaired) electrons. The molecule has 3 aliphatic rings. The topological polar surface area (TPSA) is 49.9 Å². The molecule has 1 saturated carbocycles. The molecule has 1 aromatic carbocycles. The van der Waals surface area contributed by atoms with Crippen LogP contribution in [-0.2, 0) is 9.59 Å². The molecule has 2 saturated heterocycles. The van der Waals surface area contributed by atoms with Gasteiger partial charge in [0.2, 0.25) is 5.91 Å². The molecule has 140 valence electrons. The Morgan fingerprint density at radius 3 is 2.81 bits per heavy atom. The minimum absolute atomic E-state index is 0.0403. The SMILES string of the molecule is CC(=O)N1[C@@H]2CN(C(=O)COc3cccc(F)c3)[C@@H]3CCC[C@H]1[C@]3(C)C2. The molecular formula is C20H25FN2O3. The van der Waals surface area contributed by atoms with Crippen LogP contribution in [-0.4, -0.2) is 52.9 Å². The third-order valence-electron chi connectivity index (χ3n) is 6.51. The molecule has 1 aromatic rings. The van der Waals surface area contributed by atoms with Crippen molar-refractivity contribution in [1.82, 2.24) is 9.80 Å². The first-order valence-corrected chi connectivity index (χ1v) is 9.37. The van der Waals surface area contributed by atoms with Crippen LogP contribution in [0.3, 0.4) is 0 Å². The zero-order valence-electron chi connectivity index (χ0n) is 15.3. The van der Waals surface area contributed by atoms with Gasteiger partial charge in [-0.3, -0.25) is 9.59 Å². The van der Waals surface area contributed by atoms with Gasteiger partial charge in [0.05, 0.1) is 6.04 Å². The second-order valence-electron chi connectivity index (χ2n) is 8.04. The van der Waals surface area contributed by atoms with E-state index in [0.29, 0.717) is 12.3 Å². The molecule has 0 aromatic heterocycles. The Morgan fingerprint density at radius 1 is 1.31 bits per heavy atom. The number of piperidine rings is 1. The van der Waals surface area contributed by atoms with E-state index in [2.05, 4.69) is 6.92 Å². The summed E-state index contributed by atoms with van der Waals surface area (Å²) in [7, 11) is 0. The van der Waals surface area contributed by atoms with Crippen molar-refractivity contribution in [2.75, 3.05) is 13.2 Å². The Balaban J connectivity index is 1.52. The molecule has 4 atom stereocenters. The van der Waals surface area contributed by atoms with Crippen LogP contribution >= 0.6 is 0 Å². The molecular weight excluding hydrogens is 335 g/mol. The van der Waals surface area contributed by atoms with E-state index < -0.39 is 0 Å². The van der Waals surface area contributed by atoms with Crippen LogP contribution in [0.2, 0.25) is 0 Å². The molecule has 2 amide bonds. The number of likely N-dealkylation sites (tertiary alicyclic amines) is 2. The van der Waals surface area contributed by atoms with Crippen molar-refractivity contribution in [2.24, 2.45) is 5.41 Å². The van der Waals surface area contributed by atoms with Gasteiger partial charge >= 0.3 is 0 Å². The highest BCUT2D eigenvalue weighted by atomic mass is 19.1. The van der Waals surface area contributed by atoms with Gasteiger partial charge in [0.1, 0.15) is 11.6 Å². The molecule has 3 fully saturated rings. The van der Waals surface area contributed by atoms with Crippen molar-refractivity contribution in [2.45, 2.75) is 57.7 Å². The van der Waals surface area contributed by atoms with E-state index in [1.807, 2.05) is 9.80 Å². The lowest BCUT2D eigenvalue weighted by atomic mass is 9.66. The quantitative estimate of drug-likeness (QED) is 0.833. The van der Waals surface area contributed by atoms with Crippen molar-refractivity contribution < 1.29 is 18.7 Å². The number of hydrogen-bond donors (Lipinski definition) is 0. The minimum Gasteiger partial charge on any atom is -0.484 e. The van der Waals surface area contributed by atoms with Gasteiger partial charge in [0.15, 0.2) is 6.61 Å². The monoisotopic (exact) mass is 360 g/mol. The van der Waals surface area contributed by atoms with Crippen LogP contribution < -0.4 is 4.74 Å². The van der Waals surface area contributed by atoms with E-state index in [9.17, 15) is 14.0 Å². The number of ether oxygens (including phenoxy) is 1. The molecule has 2 bridgehead atoms. The van der Waals surface area contributed by atoms with Gasteiger partial charge in [0, 0.05) is 37.0 Å². The number of rotatable bonds is 3. The molecule has 0 N–H and O–H groups in total. The molecule has 2 aliphatic heterocycles. The van der Waals surface area contributed by atoms with Crippen molar-refractivity contribution in [3.05, 3.63) is 30.1 Å². The number of amides is 2. The summed E-state index contributed by atoms with van der Waals surface area (Å²) in [6.07, 6.45) is 3.98. The summed E-state index contributed by atoms with van der Waals surface area (Å²) in [5.74, 6) is -0.00181. The predicted molar refractivity (Wildman–Crippen MR) is 94.1 cm³/mol. The lowest BCUT2D eigenvalue weighted by molar-refractivity contribution is -0.142. The summed E-state index contributed by atoms with van der Waals surface area (Å²) in [6.45, 7) is 4.33. The third-order valence-corrected chi connectivity index (χ3v) is 6.51. The lowest BCUT2D eigenvalue weighted by Gasteiger charge is -2.49. The number of halogens is 1. The Bertz CT molecular complexity index is 740. The third kappa shape index (κ3) is 2.66. The van der Waals surface area contributed by atoms with Gasteiger partial charge in [-0.1, -0.05) is 13.0 Å². The normalized spacial score (nSPS) is 32.5. The van der Waals surface area contributed by atoms with Crippen LogP contribution in [0.4, 0.5) is 4.39 Å². The number of carbonyl (C=O) groups is 2. The van der Waals surface area contributed by atoms with Crippen molar-refractivity contribution >= 4 is 11.8 Å². The van der Waals surface area contributed by atoms with Crippen molar-refractivity contribution in [3.63, 3.8) is 0 Å². The summed E-state index contributed by atoms with van der Waals surface area (Å²) in [6, 6.07) is 6.30. The van der Waals surface area contributed by atoms with Crippen LogP contribution in [0, 0.1) is 11.2 Å². The average Bonchev–Trinajstić information content (AvgIpc) is 2.89. The highest BCUT2D eigenvalue weighted by Crippen LogP contribution is 2.54. The van der Waals surface area contributed by atoms with Gasteiger partial charge in [-0.05, 0) is 37.8 Å². The summed E-state index contributed by atoms with van der Waals surface area (Å²) in [5, 5.41) is 0. The number of carbonyl (C=O) groups excluding carboxylic acids is 2. The summed E-state index contributed by atoms with van der Waals surface area (Å²) in [4.78, 5) is 29.1. The minimum atomic E-state index is -0.384. The lowest BCUT2D eigenvalue weighted by Crippen LogP contribution is -2.58. The Kier molecular flexibility index (Phi) is 4.16. The van der Waals surface area contributed by atoms with Crippen LogP contribution in [0.1, 0.15) is 39.5 Å². The summed E-state index contributed by atoms with van der Waals surface area (Å²) >= 11 is 0. The first-order valence-electron chi connectivity index (χ1n) is 9.37. The highest BCUT2D eigenvalue weighted by Gasteiger charge is 2.61.